The SMILES string of the molecule is CN(Cc1cccc(F)c1)c1ccc(CNC2CC2)nn1. The summed E-state index contributed by atoms with van der Waals surface area (Å²) in [5.41, 5.74) is 1.86. The third-order valence-corrected chi connectivity index (χ3v) is 3.55. The number of halogens is 1. The molecule has 1 fully saturated rings. The molecule has 1 N–H and O–H groups in total. The predicted molar refractivity (Wildman–Crippen MR) is 80.4 cm³/mol. The van der Waals surface area contributed by atoms with E-state index in [0.717, 1.165) is 23.6 Å². The van der Waals surface area contributed by atoms with E-state index in [1.54, 1.807) is 6.07 Å². The van der Waals surface area contributed by atoms with Crippen LogP contribution in [0.5, 0.6) is 0 Å². The van der Waals surface area contributed by atoms with Crippen LogP contribution >= 0.6 is 0 Å². The van der Waals surface area contributed by atoms with Crippen LogP contribution < -0.4 is 10.2 Å². The van der Waals surface area contributed by atoms with Gasteiger partial charge in [-0.1, -0.05) is 12.1 Å². The highest BCUT2D eigenvalue weighted by Crippen LogP contribution is 2.19. The van der Waals surface area contributed by atoms with Crippen LogP contribution in [0.1, 0.15) is 24.1 Å². The standard InChI is InChI=1S/C16H19FN4/c1-21(11-12-3-2-4-13(17)9-12)16-8-7-15(19-20-16)10-18-14-5-6-14/h2-4,7-9,14,18H,5-6,10-11H2,1H3. The summed E-state index contributed by atoms with van der Waals surface area (Å²) in [7, 11) is 1.93. The van der Waals surface area contributed by atoms with E-state index in [9.17, 15) is 4.39 Å². The molecule has 0 aliphatic heterocycles. The van der Waals surface area contributed by atoms with E-state index < -0.39 is 0 Å². The van der Waals surface area contributed by atoms with Crippen LogP contribution in [0.25, 0.3) is 0 Å². The van der Waals surface area contributed by atoms with E-state index >= 15 is 0 Å². The van der Waals surface area contributed by atoms with Crippen LogP contribution in [-0.2, 0) is 13.1 Å². The van der Waals surface area contributed by atoms with Crippen molar-refractivity contribution < 1.29 is 4.39 Å². The summed E-state index contributed by atoms with van der Waals surface area (Å²) < 4.78 is 13.2. The number of nitrogens with one attached hydrogen (secondary N) is 1. The molecule has 0 saturated heterocycles. The van der Waals surface area contributed by atoms with Crippen LogP contribution in [0, 0.1) is 5.82 Å². The lowest BCUT2D eigenvalue weighted by Crippen LogP contribution is -2.20. The molecule has 110 valence electrons. The van der Waals surface area contributed by atoms with Crippen LogP contribution in [-0.4, -0.2) is 23.3 Å². The van der Waals surface area contributed by atoms with Crippen LogP contribution in [0.4, 0.5) is 10.2 Å². The molecule has 0 spiro atoms. The number of nitrogens with zero attached hydrogens (tertiary/aromatic N) is 3. The highest BCUT2D eigenvalue weighted by atomic mass is 19.1. The molecule has 1 aliphatic rings. The fourth-order valence-electron chi connectivity index (χ4n) is 2.18. The van der Waals surface area contributed by atoms with Gasteiger partial charge in [-0.25, -0.2) is 4.39 Å². The molecule has 3 rings (SSSR count). The smallest absolute Gasteiger partial charge is 0.151 e. The fraction of sp³-hybridized carbons (Fsp3) is 0.375. The number of hydrogen-bond acceptors (Lipinski definition) is 4. The Kier molecular flexibility index (Phi) is 4.10. The number of benzene rings is 1. The number of anilines is 1. The van der Waals surface area contributed by atoms with E-state index in [-0.39, 0.29) is 5.82 Å². The van der Waals surface area contributed by atoms with E-state index in [1.807, 2.05) is 30.1 Å². The number of rotatable bonds is 6. The van der Waals surface area contributed by atoms with Crippen molar-refractivity contribution in [2.75, 3.05) is 11.9 Å². The van der Waals surface area contributed by atoms with Crippen molar-refractivity contribution in [1.29, 1.82) is 0 Å². The Labute approximate surface area is 124 Å². The lowest BCUT2D eigenvalue weighted by molar-refractivity contribution is 0.625. The minimum atomic E-state index is -0.214. The topological polar surface area (TPSA) is 41.0 Å². The summed E-state index contributed by atoms with van der Waals surface area (Å²) in [5, 5.41) is 11.9. The van der Waals surface area contributed by atoms with Crippen molar-refractivity contribution in [3.63, 3.8) is 0 Å². The average molecular weight is 286 g/mol. The lowest BCUT2D eigenvalue weighted by Gasteiger charge is -2.17. The lowest BCUT2D eigenvalue weighted by atomic mass is 10.2. The van der Waals surface area contributed by atoms with Gasteiger partial charge in [-0.15, -0.1) is 5.10 Å². The molecule has 0 amide bonds. The molecule has 0 radical (unpaired) electrons. The Morgan fingerprint density at radius 1 is 1.24 bits per heavy atom. The van der Waals surface area contributed by atoms with E-state index in [1.165, 1.54) is 25.0 Å². The van der Waals surface area contributed by atoms with Gasteiger partial charge in [-0.2, -0.15) is 5.10 Å². The minimum Gasteiger partial charge on any atom is -0.354 e. The maximum absolute atomic E-state index is 13.2. The van der Waals surface area contributed by atoms with Gasteiger partial charge in [-0.05, 0) is 42.7 Å². The summed E-state index contributed by atoms with van der Waals surface area (Å²) in [6.45, 7) is 1.37. The fourth-order valence-corrected chi connectivity index (χ4v) is 2.18. The Morgan fingerprint density at radius 3 is 2.76 bits per heavy atom. The molecular weight excluding hydrogens is 267 g/mol. The first kappa shape index (κ1) is 13.9. The highest BCUT2D eigenvalue weighted by molar-refractivity contribution is 5.37. The Balaban J connectivity index is 1.59. The Morgan fingerprint density at radius 2 is 2.10 bits per heavy atom. The maximum atomic E-state index is 13.2. The van der Waals surface area contributed by atoms with Crippen molar-refractivity contribution in [1.82, 2.24) is 15.5 Å². The molecule has 0 unspecified atom stereocenters. The predicted octanol–water partition coefficient (Wildman–Crippen LogP) is 2.50. The van der Waals surface area contributed by atoms with E-state index in [2.05, 4.69) is 15.5 Å². The second-order valence-electron chi connectivity index (χ2n) is 5.52. The third kappa shape index (κ3) is 3.98. The molecular formula is C16H19FN4. The number of hydrogen-bond donors (Lipinski definition) is 1. The zero-order valence-corrected chi connectivity index (χ0v) is 12.1. The first-order chi connectivity index (χ1) is 10.2. The van der Waals surface area contributed by atoms with Crippen molar-refractivity contribution in [2.45, 2.75) is 32.0 Å². The average Bonchev–Trinajstić information content (AvgIpc) is 3.30. The second kappa shape index (κ2) is 6.18. The van der Waals surface area contributed by atoms with Crippen molar-refractivity contribution >= 4 is 5.82 Å². The van der Waals surface area contributed by atoms with Crippen molar-refractivity contribution in [3.05, 3.63) is 53.5 Å². The normalized spacial score (nSPS) is 14.2. The molecule has 5 heteroatoms. The van der Waals surface area contributed by atoms with Crippen LogP contribution in [0.2, 0.25) is 0 Å². The molecule has 2 aromatic rings. The second-order valence-corrected chi connectivity index (χ2v) is 5.52. The molecule has 4 nitrogen and oxygen atoms in total. The molecule has 1 aliphatic carbocycles. The molecule has 1 aromatic heterocycles. The molecule has 1 aromatic carbocycles. The zero-order valence-electron chi connectivity index (χ0n) is 12.1. The third-order valence-electron chi connectivity index (χ3n) is 3.55. The zero-order chi connectivity index (χ0) is 14.7. The quantitative estimate of drug-likeness (QED) is 0.886. The van der Waals surface area contributed by atoms with Gasteiger partial charge in [0.1, 0.15) is 5.82 Å². The van der Waals surface area contributed by atoms with Gasteiger partial charge in [-0.3, -0.25) is 0 Å². The van der Waals surface area contributed by atoms with E-state index in [4.69, 9.17) is 0 Å². The summed E-state index contributed by atoms with van der Waals surface area (Å²) >= 11 is 0. The maximum Gasteiger partial charge on any atom is 0.151 e. The highest BCUT2D eigenvalue weighted by Gasteiger charge is 2.20. The summed E-state index contributed by atoms with van der Waals surface area (Å²) in [6.07, 6.45) is 2.53. The Bertz CT molecular complexity index is 595. The van der Waals surface area contributed by atoms with Gasteiger partial charge in [0, 0.05) is 26.2 Å². The van der Waals surface area contributed by atoms with Gasteiger partial charge >= 0.3 is 0 Å². The van der Waals surface area contributed by atoms with Crippen LogP contribution in [0.3, 0.4) is 0 Å². The van der Waals surface area contributed by atoms with Crippen molar-refractivity contribution in [3.8, 4) is 0 Å². The Hall–Kier alpha value is -2.01. The van der Waals surface area contributed by atoms with Crippen molar-refractivity contribution in [2.24, 2.45) is 0 Å². The van der Waals surface area contributed by atoms with E-state index in [0.29, 0.717) is 12.6 Å². The first-order valence-corrected chi connectivity index (χ1v) is 7.22. The largest absolute Gasteiger partial charge is 0.354 e. The summed E-state index contributed by atoms with van der Waals surface area (Å²) in [6, 6.07) is 11.2. The first-order valence-electron chi connectivity index (χ1n) is 7.22. The van der Waals surface area contributed by atoms with Gasteiger partial charge in [0.05, 0.1) is 5.69 Å². The number of aromatic nitrogens is 2. The summed E-state index contributed by atoms with van der Waals surface area (Å²) in [4.78, 5) is 1.96. The minimum absolute atomic E-state index is 0.214. The molecule has 0 atom stereocenters. The van der Waals surface area contributed by atoms with Crippen LogP contribution in [0.15, 0.2) is 36.4 Å². The molecule has 21 heavy (non-hydrogen) atoms. The monoisotopic (exact) mass is 286 g/mol. The van der Waals surface area contributed by atoms with Gasteiger partial charge in [0.2, 0.25) is 0 Å². The molecule has 1 saturated carbocycles. The van der Waals surface area contributed by atoms with Gasteiger partial charge in [0.25, 0.3) is 0 Å². The summed E-state index contributed by atoms with van der Waals surface area (Å²) in [5.74, 6) is 0.572. The van der Waals surface area contributed by atoms with Gasteiger partial charge < -0.3 is 10.2 Å². The molecule has 0 bridgehead atoms. The molecule has 1 heterocycles. The van der Waals surface area contributed by atoms with Gasteiger partial charge in [0.15, 0.2) is 5.82 Å².